The number of nitrogens with one attached hydrogen (secondary N) is 1. The highest BCUT2D eigenvalue weighted by atomic mass is 32.2. The second-order valence-electron chi connectivity index (χ2n) is 7.39. The Kier molecular flexibility index (Phi) is 5.42. The van der Waals surface area contributed by atoms with Crippen LogP contribution in [0.15, 0.2) is 102 Å². The summed E-state index contributed by atoms with van der Waals surface area (Å²) >= 11 is 0. The maximum absolute atomic E-state index is 12.9. The number of aryl methyl sites for hydroxylation is 2. The highest BCUT2D eigenvalue weighted by molar-refractivity contribution is 7.89. The van der Waals surface area contributed by atoms with Gasteiger partial charge in [-0.2, -0.15) is 0 Å². The lowest BCUT2D eigenvalue weighted by atomic mass is 9.96. The minimum absolute atomic E-state index is 0.242. The Bertz CT molecular complexity index is 1290. The number of rotatable bonds is 5. The molecule has 0 unspecified atom stereocenters. The van der Waals surface area contributed by atoms with Gasteiger partial charge in [0.15, 0.2) is 0 Å². The van der Waals surface area contributed by atoms with Crippen LogP contribution in [0.25, 0.3) is 16.7 Å². The number of hydrogen-bond donors (Lipinski definition) is 1. The van der Waals surface area contributed by atoms with Gasteiger partial charge in [0.25, 0.3) is 10.0 Å². The summed E-state index contributed by atoms with van der Waals surface area (Å²) < 4.78 is 28.4. The van der Waals surface area contributed by atoms with E-state index in [0.29, 0.717) is 0 Å². The van der Waals surface area contributed by atoms with E-state index in [-0.39, 0.29) is 4.90 Å². The number of sulfonamides is 1. The third-order valence-corrected chi connectivity index (χ3v) is 6.42. The molecule has 0 amide bonds. The summed E-state index contributed by atoms with van der Waals surface area (Å²) in [6, 6.07) is 29.1. The molecule has 0 fully saturated rings. The van der Waals surface area contributed by atoms with E-state index in [2.05, 4.69) is 29.0 Å². The molecular weight excluding hydrogens is 390 g/mol. The van der Waals surface area contributed by atoms with Gasteiger partial charge >= 0.3 is 0 Å². The Balaban J connectivity index is 1.81. The van der Waals surface area contributed by atoms with Crippen LogP contribution in [-0.4, -0.2) is 8.42 Å². The average Bonchev–Trinajstić information content (AvgIpc) is 2.96. The molecule has 2 aromatic rings. The molecular formula is C26H23NO2S. The quantitative estimate of drug-likeness (QED) is 0.451. The van der Waals surface area contributed by atoms with Crippen molar-refractivity contribution < 1.29 is 8.42 Å². The van der Waals surface area contributed by atoms with Gasteiger partial charge in [0.2, 0.25) is 0 Å². The minimum atomic E-state index is -3.67. The van der Waals surface area contributed by atoms with Gasteiger partial charge < -0.3 is 0 Å². The summed E-state index contributed by atoms with van der Waals surface area (Å²) in [5.74, 6) is 0. The summed E-state index contributed by atoms with van der Waals surface area (Å²) in [6.07, 6.45) is 1.60. The molecule has 0 aromatic heterocycles. The van der Waals surface area contributed by atoms with Crippen LogP contribution in [0.2, 0.25) is 0 Å². The Morgan fingerprint density at radius 1 is 0.767 bits per heavy atom. The van der Waals surface area contributed by atoms with Gasteiger partial charge in [0.05, 0.1) is 4.90 Å². The summed E-state index contributed by atoms with van der Waals surface area (Å²) in [5.41, 5.74) is 7.08. The van der Waals surface area contributed by atoms with E-state index in [9.17, 15) is 8.42 Å². The Labute approximate surface area is 178 Å². The van der Waals surface area contributed by atoms with Crippen molar-refractivity contribution in [3.63, 3.8) is 0 Å². The first-order valence-corrected chi connectivity index (χ1v) is 11.3. The average molecular weight is 414 g/mol. The fraction of sp³-hybridized carbons (Fsp3) is 0.0769. The normalized spacial score (nSPS) is 12.1. The lowest BCUT2D eigenvalue weighted by molar-refractivity contribution is 0.590. The van der Waals surface area contributed by atoms with Crippen LogP contribution < -0.4 is 4.72 Å². The third-order valence-electron chi connectivity index (χ3n) is 5.10. The molecule has 2 aliphatic carbocycles. The second kappa shape index (κ2) is 8.17. The van der Waals surface area contributed by atoms with Crippen molar-refractivity contribution in [3.8, 4) is 11.1 Å². The Morgan fingerprint density at radius 2 is 1.53 bits per heavy atom. The van der Waals surface area contributed by atoms with Crippen molar-refractivity contribution >= 4 is 15.6 Å². The zero-order valence-electron chi connectivity index (χ0n) is 17.0. The van der Waals surface area contributed by atoms with Gasteiger partial charge in [-0.1, -0.05) is 90.0 Å². The highest BCUT2D eigenvalue weighted by Gasteiger charge is 2.17. The third kappa shape index (κ3) is 4.14. The van der Waals surface area contributed by atoms with Crippen molar-refractivity contribution in [2.45, 2.75) is 18.7 Å². The minimum Gasteiger partial charge on any atom is -0.286 e. The fourth-order valence-corrected chi connectivity index (χ4v) is 4.40. The summed E-state index contributed by atoms with van der Waals surface area (Å²) in [4.78, 5) is 0.242. The zero-order chi connectivity index (χ0) is 21.1. The van der Waals surface area contributed by atoms with E-state index in [1.165, 1.54) is 0 Å². The molecule has 0 saturated carbocycles. The predicted octanol–water partition coefficient (Wildman–Crippen LogP) is 5.78. The summed E-state index contributed by atoms with van der Waals surface area (Å²) in [5, 5.41) is 0. The molecule has 4 heteroatoms. The van der Waals surface area contributed by atoms with Crippen LogP contribution in [0, 0.1) is 13.8 Å². The molecule has 3 nitrogen and oxygen atoms in total. The molecule has 2 aliphatic rings. The van der Waals surface area contributed by atoms with Crippen molar-refractivity contribution in [3.05, 3.63) is 119 Å². The molecule has 0 aliphatic heterocycles. The van der Waals surface area contributed by atoms with Gasteiger partial charge in [0, 0.05) is 11.8 Å². The van der Waals surface area contributed by atoms with E-state index < -0.39 is 10.0 Å². The van der Waals surface area contributed by atoms with Crippen LogP contribution in [0.3, 0.4) is 0 Å². The van der Waals surface area contributed by atoms with Crippen LogP contribution in [0.1, 0.15) is 22.3 Å². The molecule has 4 rings (SSSR count). The lowest BCUT2D eigenvalue weighted by Crippen LogP contribution is -2.18. The largest absolute Gasteiger partial charge is 0.286 e. The smallest absolute Gasteiger partial charge is 0.261 e. The molecule has 0 bridgehead atoms. The van der Waals surface area contributed by atoms with Crippen molar-refractivity contribution in [2.75, 3.05) is 0 Å². The molecule has 150 valence electrons. The molecule has 0 heterocycles. The lowest BCUT2D eigenvalue weighted by Gasteiger charge is -2.12. The SMILES string of the molecule is Cc1ccc(S(=O)(=O)NC=C(c2cccc(C)c2)c2ccc3cccccc2-3)cc1. The Morgan fingerprint density at radius 3 is 2.30 bits per heavy atom. The molecule has 0 saturated heterocycles. The maximum Gasteiger partial charge on any atom is 0.261 e. The van der Waals surface area contributed by atoms with Crippen LogP contribution in [0.4, 0.5) is 0 Å². The van der Waals surface area contributed by atoms with Gasteiger partial charge in [0.1, 0.15) is 0 Å². The van der Waals surface area contributed by atoms with Crippen molar-refractivity contribution in [1.82, 2.24) is 4.72 Å². The van der Waals surface area contributed by atoms with Crippen LogP contribution in [-0.2, 0) is 10.0 Å². The van der Waals surface area contributed by atoms with Gasteiger partial charge in [-0.25, -0.2) is 8.42 Å². The van der Waals surface area contributed by atoms with Gasteiger partial charge in [-0.15, -0.1) is 0 Å². The van der Waals surface area contributed by atoms with E-state index in [1.54, 1.807) is 30.5 Å². The topological polar surface area (TPSA) is 46.2 Å². The first-order chi connectivity index (χ1) is 14.4. The molecule has 2 aromatic carbocycles. The highest BCUT2D eigenvalue weighted by Crippen LogP contribution is 2.35. The number of hydrogen-bond acceptors (Lipinski definition) is 2. The van der Waals surface area contributed by atoms with Crippen molar-refractivity contribution in [1.29, 1.82) is 0 Å². The standard InChI is InChI=1S/C26H23NO2S/c1-19-11-14-23(15-12-19)30(28,29)27-18-26(22-9-6-7-20(2)17-22)25-16-13-21-8-4-3-5-10-24(21)25/h3-18,27H,1-2H3. The van der Waals surface area contributed by atoms with E-state index in [4.69, 9.17) is 0 Å². The Hall–Kier alpha value is -3.37. The molecule has 30 heavy (non-hydrogen) atoms. The zero-order valence-corrected chi connectivity index (χ0v) is 17.8. The summed E-state index contributed by atoms with van der Waals surface area (Å²) in [6.45, 7) is 3.96. The predicted molar refractivity (Wildman–Crippen MR) is 123 cm³/mol. The number of fused-ring (bicyclic) bond motifs is 1. The van der Waals surface area contributed by atoms with Crippen molar-refractivity contribution in [2.24, 2.45) is 0 Å². The van der Waals surface area contributed by atoms with Gasteiger partial charge in [-0.3, -0.25) is 4.72 Å². The van der Waals surface area contributed by atoms with Gasteiger partial charge in [-0.05, 0) is 48.2 Å². The van der Waals surface area contributed by atoms with E-state index in [1.807, 2.05) is 56.3 Å². The maximum atomic E-state index is 12.9. The fourth-order valence-electron chi connectivity index (χ4n) is 3.50. The second-order valence-corrected chi connectivity index (χ2v) is 9.10. The molecule has 0 spiro atoms. The van der Waals surface area contributed by atoms with Crippen LogP contribution in [0.5, 0.6) is 0 Å². The van der Waals surface area contributed by atoms with E-state index in [0.717, 1.165) is 39.0 Å². The first kappa shape index (κ1) is 19.9. The monoisotopic (exact) mass is 413 g/mol. The summed E-state index contributed by atoms with van der Waals surface area (Å²) in [7, 11) is -3.67. The molecule has 1 N–H and O–H groups in total. The van der Waals surface area contributed by atoms with Crippen LogP contribution >= 0.6 is 0 Å². The van der Waals surface area contributed by atoms with E-state index >= 15 is 0 Å². The molecule has 0 radical (unpaired) electrons. The molecule has 0 atom stereocenters. The number of benzene rings is 2. The first-order valence-electron chi connectivity index (χ1n) is 9.78.